The number of nitrogens with zero attached hydrogens (tertiary/aromatic N) is 2. The minimum atomic E-state index is -0.155. The summed E-state index contributed by atoms with van der Waals surface area (Å²) in [5.74, 6) is 0.217. The first kappa shape index (κ1) is 13.5. The number of hydrogen-bond donors (Lipinski definition) is 0. The van der Waals surface area contributed by atoms with E-state index < -0.39 is 0 Å². The zero-order valence-corrected chi connectivity index (χ0v) is 12.6. The number of fused-ring (bicyclic) bond motifs is 1. The molecule has 2 aromatic carbocycles. The maximum absolute atomic E-state index is 13.1. The molecule has 0 aromatic heterocycles. The van der Waals surface area contributed by atoms with E-state index in [0.717, 1.165) is 24.3 Å². The first-order valence-corrected chi connectivity index (χ1v) is 8.01. The van der Waals surface area contributed by atoms with E-state index in [1.807, 2.05) is 48.5 Å². The summed E-state index contributed by atoms with van der Waals surface area (Å²) in [5, 5.41) is 0. The van der Waals surface area contributed by atoms with Gasteiger partial charge in [-0.2, -0.15) is 0 Å². The molecule has 2 aliphatic heterocycles. The second-order valence-electron chi connectivity index (χ2n) is 6.13. The third-order valence-corrected chi connectivity index (χ3v) is 4.82. The zero-order valence-electron chi connectivity index (χ0n) is 12.6. The van der Waals surface area contributed by atoms with Crippen molar-refractivity contribution in [3.05, 3.63) is 66.2 Å². The van der Waals surface area contributed by atoms with Crippen LogP contribution >= 0.6 is 0 Å². The topological polar surface area (TPSA) is 23.6 Å². The van der Waals surface area contributed by atoms with Crippen LogP contribution in [0.2, 0.25) is 0 Å². The van der Waals surface area contributed by atoms with Crippen LogP contribution in [0.25, 0.3) is 0 Å². The van der Waals surface area contributed by atoms with E-state index in [4.69, 9.17) is 0 Å². The summed E-state index contributed by atoms with van der Waals surface area (Å²) in [6, 6.07) is 20.5. The molecular formula is C19H20N2O. The third kappa shape index (κ3) is 2.22. The molecule has 0 bridgehead atoms. The van der Waals surface area contributed by atoms with Crippen LogP contribution in [0.15, 0.2) is 60.7 Å². The van der Waals surface area contributed by atoms with Crippen LogP contribution in [0.4, 0.5) is 5.69 Å². The number of para-hydroxylation sites is 1. The number of anilines is 1. The number of carbonyl (C=O) groups excluding carboxylic acids is 1. The predicted molar refractivity (Wildman–Crippen MR) is 88.1 cm³/mol. The molecule has 2 aliphatic rings. The molecule has 3 nitrogen and oxygen atoms in total. The highest BCUT2D eigenvalue weighted by molar-refractivity contribution is 6.02. The van der Waals surface area contributed by atoms with Crippen LogP contribution in [-0.4, -0.2) is 36.0 Å². The first-order valence-electron chi connectivity index (χ1n) is 8.01. The second kappa shape index (κ2) is 5.58. The van der Waals surface area contributed by atoms with E-state index in [-0.39, 0.29) is 11.9 Å². The monoisotopic (exact) mass is 292 g/mol. The van der Waals surface area contributed by atoms with E-state index in [1.54, 1.807) is 0 Å². The molecule has 112 valence electrons. The van der Waals surface area contributed by atoms with E-state index in [2.05, 4.69) is 21.9 Å². The van der Waals surface area contributed by atoms with Gasteiger partial charge in [-0.3, -0.25) is 9.69 Å². The van der Waals surface area contributed by atoms with Gasteiger partial charge in [0.1, 0.15) is 6.17 Å². The Bertz CT molecular complexity index is 656. The second-order valence-corrected chi connectivity index (χ2v) is 6.13. The fourth-order valence-electron chi connectivity index (χ4n) is 3.79. The van der Waals surface area contributed by atoms with Crippen LogP contribution in [0.3, 0.4) is 0 Å². The van der Waals surface area contributed by atoms with Crippen molar-refractivity contribution in [1.29, 1.82) is 0 Å². The number of carbonyl (C=O) groups is 1. The van der Waals surface area contributed by atoms with E-state index >= 15 is 0 Å². The Balaban J connectivity index is 1.71. The number of hydrogen-bond acceptors (Lipinski definition) is 3. The fraction of sp³-hybridized carbons (Fsp3) is 0.316. The van der Waals surface area contributed by atoms with Gasteiger partial charge < -0.3 is 4.90 Å². The average Bonchev–Trinajstić information content (AvgIpc) is 3.16. The molecule has 0 aliphatic carbocycles. The van der Waals surface area contributed by atoms with E-state index in [1.165, 1.54) is 12.8 Å². The Labute approximate surface area is 131 Å². The molecular weight excluding hydrogens is 272 g/mol. The van der Waals surface area contributed by atoms with Crippen LogP contribution in [0.1, 0.15) is 23.2 Å². The quantitative estimate of drug-likeness (QED) is 0.812. The standard InChI is InChI=1S/C19H20N2O/c22-18(15-8-3-1-4-9-15)19-20-13-7-12-17(20)14-21(19)16-10-5-2-6-11-16/h1-6,8-11,17,19H,7,12-14H2. The van der Waals surface area contributed by atoms with Gasteiger partial charge in [0.05, 0.1) is 0 Å². The molecule has 2 fully saturated rings. The Morgan fingerprint density at radius 3 is 2.36 bits per heavy atom. The highest BCUT2D eigenvalue weighted by Gasteiger charge is 2.45. The summed E-state index contributed by atoms with van der Waals surface area (Å²) < 4.78 is 0. The number of rotatable bonds is 3. The largest absolute Gasteiger partial charge is 0.347 e. The Morgan fingerprint density at radius 2 is 1.64 bits per heavy atom. The van der Waals surface area contributed by atoms with Crippen LogP contribution in [0.5, 0.6) is 0 Å². The molecule has 2 saturated heterocycles. The van der Waals surface area contributed by atoms with Gasteiger partial charge in [0.25, 0.3) is 0 Å². The van der Waals surface area contributed by atoms with Gasteiger partial charge in [-0.05, 0) is 25.0 Å². The van der Waals surface area contributed by atoms with Crippen LogP contribution < -0.4 is 4.90 Å². The summed E-state index contributed by atoms with van der Waals surface area (Å²) in [6.07, 6.45) is 2.24. The highest BCUT2D eigenvalue weighted by Crippen LogP contribution is 2.34. The van der Waals surface area contributed by atoms with Gasteiger partial charge in [-0.1, -0.05) is 48.5 Å². The van der Waals surface area contributed by atoms with E-state index in [0.29, 0.717) is 6.04 Å². The molecule has 0 N–H and O–H groups in total. The normalized spacial score (nSPS) is 24.5. The van der Waals surface area contributed by atoms with Crippen LogP contribution in [0, 0.1) is 0 Å². The fourth-order valence-corrected chi connectivity index (χ4v) is 3.79. The minimum absolute atomic E-state index is 0.155. The molecule has 4 rings (SSSR count). The maximum Gasteiger partial charge on any atom is 0.200 e. The highest BCUT2D eigenvalue weighted by atomic mass is 16.1. The van der Waals surface area contributed by atoms with Gasteiger partial charge in [0.2, 0.25) is 0 Å². The van der Waals surface area contributed by atoms with Gasteiger partial charge in [-0.15, -0.1) is 0 Å². The van der Waals surface area contributed by atoms with Crippen molar-refractivity contribution in [3.63, 3.8) is 0 Å². The number of ketones is 1. The van der Waals surface area contributed by atoms with Crippen molar-refractivity contribution < 1.29 is 4.79 Å². The summed E-state index contributed by atoms with van der Waals surface area (Å²) in [4.78, 5) is 17.8. The Hall–Kier alpha value is -2.13. The van der Waals surface area contributed by atoms with Gasteiger partial charge in [0, 0.05) is 30.4 Å². The SMILES string of the molecule is O=C(c1ccccc1)C1N(c2ccccc2)CC2CCCN21. The molecule has 2 atom stereocenters. The average molecular weight is 292 g/mol. The minimum Gasteiger partial charge on any atom is -0.347 e. The lowest BCUT2D eigenvalue weighted by Crippen LogP contribution is -2.45. The molecule has 2 aromatic rings. The van der Waals surface area contributed by atoms with Gasteiger partial charge in [-0.25, -0.2) is 0 Å². The Morgan fingerprint density at radius 1 is 0.955 bits per heavy atom. The lowest BCUT2D eigenvalue weighted by Gasteiger charge is -2.29. The molecule has 0 saturated carbocycles. The third-order valence-electron chi connectivity index (χ3n) is 4.82. The summed E-state index contributed by atoms with van der Waals surface area (Å²) >= 11 is 0. The van der Waals surface area contributed by atoms with Crippen molar-refractivity contribution in [2.75, 3.05) is 18.0 Å². The van der Waals surface area contributed by atoms with Gasteiger partial charge >= 0.3 is 0 Å². The lowest BCUT2D eigenvalue weighted by molar-refractivity contribution is 0.0866. The predicted octanol–water partition coefficient (Wildman–Crippen LogP) is 3.18. The smallest absolute Gasteiger partial charge is 0.200 e. The molecule has 0 amide bonds. The first-order chi connectivity index (χ1) is 10.8. The summed E-state index contributed by atoms with van der Waals surface area (Å²) in [6.45, 7) is 1.98. The van der Waals surface area contributed by atoms with Crippen molar-refractivity contribution in [2.45, 2.75) is 25.0 Å². The molecule has 3 heteroatoms. The summed E-state index contributed by atoms with van der Waals surface area (Å²) in [7, 11) is 0. The van der Waals surface area contributed by atoms with Crippen molar-refractivity contribution >= 4 is 11.5 Å². The van der Waals surface area contributed by atoms with Crippen molar-refractivity contribution in [1.82, 2.24) is 4.90 Å². The maximum atomic E-state index is 13.1. The van der Waals surface area contributed by atoms with Gasteiger partial charge in [0.15, 0.2) is 5.78 Å². The molecule has 22 heavy (non-hydrogen) atoms. The molecule has 2 unspecified atom stereocenters. The van der Waals surface area contributed by atoms with Crippen molar-refractivity contribution in [2.24, 2.45) is 0 Å². The van der Waals surface area contributed by atoms with E-state index in [9.17, 15) is 4.79 Å². The van der Waals surface area contributed by atoms with Crippen molar-refractivity contribution in [3.8, 4) is 0 Å². The molecule has 0 radical (unpaired) electrons. The zero-order chi connectivity index (χ0) is 14.9. The number of Topliss-reactive ketones (excluding diaryl/α,β-unsaturated/α-hetero) is 1. The number of benzene rings is 2. The summed E-state index contributed by atoms with van der Waals surface area (Å²) in [5.41, 5.74) is 1.95. The molecule has 2 heterocycles. The Kier molecular flexibility index (Phi) is 3.43. The lowest BCUT2D eigenvalue weighted by atomic mass is 10.1. The molecule has 0 spiro atoms. The van der Waals surface area contributed by atoms with Crippen LogP contribution in [-0.2, 0) is 0 Å².